The van der Waals surface area contributed by atoms with Gasteiger partial charge < -0.3 is 14.6 Å². The van der Waals surface area contributed by atoms with Gasteiger partial charge in [-0.05, 0) is 18.2 Å². The third kappa shape index (κ3) is 3.55. The van der Waals surface area contributed by atoms with Crippen molar-refractivity contribution in [3.8, 4) is 11.5 Å². The Balaban J connectivity index is 2.08. The maximum Gasteiger partial charge on any atom is 0.415 e. The number of halogens is 3. The molecule has 0 spiro atoms. The first kappa shape index (κ1) is 14.9. The van der Waals surface area contributed by atoms with Crippen molar-refractivity contribution in [2.75, 3.05) is 26.8 Å². The van der Waals surface area contributed by atoms with Gasteiger partial charge in [0, 0.05) is 25.2 Å². The van der Waals surface area contributed by atoms with Crippen LogP contribution >= 0.6 is 0 Å². The number of hydrogen-bond donors (Lipinski definition) is 1. The first-order valence-electron chi connectivity index (χ1n) is 6.16. The number of rotatable bonds is 3. The number of benzene rings is 1. The van der Waals surface area contributed by atoms with E-state index in [1.54, 1.807) is 11.0 Å². The van der Waals surface area contributed by atoms with Crippen molar-refractivity contribution in [1.82, 2.24) is 4.90 Å². The van der Waals surface area contributed by atoms with Crippen molar-refractivity contribution in [1.29, 1.82) is 0 Å². The lowest BCUT2D eigenvalue weighted by Gasteiger charge is -2.34. The van der Waals surface area contributed by atoms with E-state index in [0.717, 1.165) is 0 Å². The van der Waals surface area contributed by atoms with Crippen LogP contribution in [0, 0.1) is 0 Å². The quantitative estimate of drug-likeness (QED) is 0.926. The van der Waals surface area contributed by atoms with Crippen LogP contribution in [0.5, 0.6) is 11.5 Å². The van der Waals surface area contributed by atoms with E-state index < -0.39 is 12.3 Å². The Bertz CT molecular complexity index is 465. The largest absolute Gasteiger partial charge is 0.508 e. The van der Waals surface area contributed by atoms with Crippen LogP contribution in [0.15, 0.2) is 18.2 Å². The smallest absolute Gasteiger partial charge is 0.415 e. The van der Waals surface area contributed by atoms with E-state index >= 15 is 0 Å². The molecule has 1 fully saturated rings. The zero-order valence-electron chi connectivity index (χ0n) is 11.0. The molecule has 1 aromatic carbocycles. The van der Waals surface area contributed by atoms with E-state index in [9.17, 15) is 18.3 Å². The van der Waals surface area contributed by atoms with E-state index in [1.807, 2.05) is 0 Å². The second-order valence-electron chi connectivity index (χ2n) is 4.63. The highest BCUT2D eigenvalue weighted by Gasteiger charge is 2.43. The molecule has 0 aliphatic carbocycles. The number of morpholine rings is 1. The summed E-state index contributed by atoms with van der Waals surface area (Å²) in [6, 6.07) is 4.56. The first-order chi connectivity index (χ1) is 9.40. The number of ether oxygens (including phenoxy) is 2. The molecule has 1 aliphatic rings. The average Bonchev–Trinajstić information content (AvgIpc) is 2.38. The number of aromatic hydroxyl groups is 1. The summed E-state index contributed by atoms with van der Waals surface area (Å²) in [5, 5.41) is 9.46. The van der Waals surface area contributed by atoms with E-state index in [2.05, 4.69) is 0 Å². The van der Waals surface area contributed by atoms with Crippen LogP contribution in [-0.2, 0) is 11.3 Å². The molecule has 1 saturated heterocycles. The van der Waals surface area contributed by atoms with Crippen LogP contribution in [0.25, 0.3) is 0 Å². The second-order valence-corrected chi connectivity index (χ2v) is 4.63. The maximum absolute atomic E-state index is 12.6. The number of hydrogen-bond acceptors (Lipinski definition) is 4. The van der Waals surface area contributed by atoms with Gasteiger partial charge in [-0.2, -0.15) is 13.2 Å². The predicted octanol–water partition coefficient (Wildman–Crippen LogP) is 2.16. The Morgan fingerprint density at radius 3 is 2.85 bits per heavy atom. The monoisotopic (exact) mass is 291 g/mol. The van der Waals surface area contributed by atoms with Gasteiger partial charge in [-0.25, -0.2) is 0 Å². The molecule has 20 heavy (non-hydrogen) atoms. The lowest BCUT2D eigenvalue weighted by molar-refractivity contribution is -0.237. The molecule has 0 saturated carbocycles. The van der Waals surface area contributed by atoms with Gasteiger partial charge in [0.05, 0.1) is 13.7 Å². The molecule has 112 valence electrons. The van der Waals surface area contributed by atoms with Gasteiger partial charge >= 0.3 is 6.18 Å². The molecule has 7 heteroatoms. The zero-order chi connectivity index (χ0) is 14.8. The minimum atomic E-state index is -4.36. The van der Waals surface area contributed by atoms with Crippen molar-refractivity contribution in [3.63, 3.8) is 0 Å². The van der Waals surface area contributed by atoms with Crippen LogP contribution in [0.4, 0.5) is 13.2 Å². The van der Waals surface area contributed by atoms with Crippen LogP contribution in [0.3, 0.4) is 0 Å². The highest BCUT2D eigenvalue weighted by Crippen LogP contribution is 2.28. The minimum absolute atomic E-state index is 0.0330. The number of phenolic OH excluding ortho intramolecular Hbond substituents is 1. The molecule has 4 nitrogen and oxygen atoms in total. The van der Waals surface area contributed by atoms with Gasteiger partial charge in [-0.15, -0.1) is 0 Å². The van der Waals surface area contributed by atoms with Gasteiger partial charge in [-0.3, -0.25) is 4.90 Å². The molecule has 1 heterocycles. The number of phenols is 1. The summed E-state index contributed by atoms with van der Waals surface area (Å²) in [4.78, 5) is 1.64. The lowest BCUT2D eigenvalue weighted by atomic mass is 10.1. The fourth-order valence-electron chi connectivity index (χ4n) is 2.17. The Morgan fingerprint density at radius 2 is 2.20 bits per heavy atom. The van der Waals surface area contributed by atoms with Crippen LogP contribution in [0.1, 0.15) is 5.56 Å². The van der Waals surface area contributed by atoms with Crippen molar-refractivity contribution in [3.05, 3.63) is 23.8 Å². The molecule has 1 N–H and O–H groups in total. The van der Waals surface area contributed by atoms with Crippen molar-refractivity contribution in [2.24, 2.45) is 0 Å². The molecule has 1 aliphatic heterocycles. The van der Waals surface area contributed by atoms with Crippen LogP contribution in [0.2, 0.25) is 0 Å². The van der Waals surface area contributed by atoms with Crippen LogP contribution in [-0.4, -0.2) is 49.1 Å². The maximum atomic E-state index is 12.6. The fourth-order valence-corrected chi connectivity index (χ4v) is 2.17. The number of methoxy groups -OCH3 is 1. The third-order valence-corrected chi connectivity index (χ3v) is 3.17. The lowest BCUT2D eigenvalue weighted by Crippen LogP contribution is -2.48. The van der Waals surface area contributed by atoms with Gasteiger partial charge in [0.2, 0.25) is 0 Å². The average molecular weight is 291 g/mol. The third-order valence-electron chi connectivity index (χ3n) is 3.17. The van der Waals surface area contributed by atoms with E-state index in [1.165, 1.54) is 19.2 Å². The van der Waals surface area contributed by atoms with Crippen molar-refractivity contribution >= 4 is 0 Å². The topological polar surface area (TPSA) is 41.9 Å². The van der Waals surface area contributed by atoms with Crippen molar-refractivity contribution in [2.45, 2.75) is 18.8 Å². The van der Waals surface area contributed by atoms with Gasteiger partial charge in [0.1, 0.15) is 11.5 Å². The predicted molar refractivity (Wildman–Crippen MR) is 65.7 cm³/mol. The highest BCUT2D eigenvalue weighted by atomic mass is 19.4. The summed E-state index contributed by atoms with van der Waals surface area (Å²) in [5.41, 5.74) is 0.648. The summed E-state index contributed by atoms with van der Waals surface area (Å²) in [6.07, 6.45) is -6.12. The summed E-state index contributed by atoms with van der Waals surface area (Å²) in [5.74, 6) is 0.597. The molecule has 0 amide bonds. The zero-order valence-corrected chi connectivity index (χ0v) is 11.0. The fraction of sp³-hybridized carbons (Fsp3) is 0.538. The second kappa shape index (κ2) is 5.88. The molecule has 0 bridgehead atoms. The number of nitrogens with zero attached hydrogens (tertiary/aromatic N) is 1. The van der Waals surface area contributed by atoms with E-state index in [0.29, 0.717) is 17.9 Å². The molecule has 1 aromatic rings. The summed E-state index contributed by atoms with van der Waals surface area (Å²) in [6.45, 7) is 0.493. The van der Waals surface area contributed by atoms with Gasteiger partial charge in [-0.1, -0.05) is 0 Å². The molecule has 1 unspecified atom stereocenters. The molecular formula is C13H16F3NO3. The number of alkyl halides is 3. The SMILES string of the molecule is COc1ccc(O)cc1CN1CCOC(C(F)(F)F)C1. The van der Waals surface area contributed by atoms with Gasteiger partial charge in [0.25, 0.3) is 0 Å². The molecular weight excluding hydrogens is 275 g/mol. The molecule has 0 radical (unpaired) electrons. The molecule has 2 rings (SSSR count). The summed E-state index contributed by atoms with van der Waals surface area (Å²) in [7, 11) is 1.48. The van der Waals surface area contributed by atoms with Gasteiger partial charge in [0.15, 0.2) is 6.10 Å². The van der Waals surface area contributed by atoms with Crippen LogP contribution < -0.4 is 4.74 Å². The molecule has 0 aromatic heterocycles. The van der Waals surface area contributed by atoms with E-state index in [4.69, 9.17) is 9.47 Å². The minimum Gasteiger partial charge on any atom is -0.508 e. The Hall–Kier alpha value is -1.47. The molecule has 1 atom stereocenters. The highest BCUT2D eigenvalue weighted by molar-refractivity contribution is 5.39. The Labute approximate surface area is 114 Å². The Kier molecular flexibility index (Phi) is 4.39. The summed E-state index contributed by atoms with van der Waals surface area (Å²) >= 11 is 0. The normalized spacial score (nSPS) is 20.9. The summed E-state index contributed by atoms with van der Waals surface area (Å²) < 4.78 is 47.8. The standard InChI is InChI=1S/C13H16F3NO3/c1-19-11-3-2-10(18)6-9(11)7-17-4-5-20-12(8-17)13(14,15)16/h2-3,6,12,18H,4-5,7-8H2,1H3. The van der Waals surface area contributed by atoms with Crippen molar-refractivity contribution < 1.29 is 27.8 Å². The van der Waals surface area contributed by atoms with E-state index in [-0.39, 0.29) is 25.4 Å². The first-order valence-corrected chi connectivity index (χ1v) is 6.16. The Morgan fingerprint density at radius 1 is 1.45 bits per heavy atom.